The summed E-state index contributed by atoms with van der Waals surface area (Å²) in [6, 6.07) is 1.63. The van der Waals surface area contributed by atoms with Gasteiger partial charge in [-0.1, -0.05) is 6.92 Å². The minimum absolute atomic E-state index is 0.0862. The van der Waals surface area contributed by atoms with Crippen molar-refractivity contribution in [2.45, 2.75) is 19.8 Å². The summed E-state index contributed by atoms with van der Waals surface area (Å²) in [6.45, 7) is 5.88. The van der Waals surface area contributed by atoms with E-state index in [2.05, 4.69) is 15.3 Å². The summed E-state index contributed by atoms with van der Waals surface area (Å²) in [5.74, 6) is 0.592. The lowest BCUT2D eigenvalue weighted by atomic mass is 9.96. The van der Waals surface area contributed by atoms with Crippen LogP contribution in [0.1, 0.15) is 19.8 Å². The molecule has 1 amide bonds. The van der Waals surface area contributed by atoms with Gasteiger partial charge in [0.1, 0.15) is 0 Å². The Hall–Kier alpha value is -1.89. The minimum Gasteiger partial charge on any atom is -0.370 e. The molecule has 0 saturated carbocycles. The zero-order valence-electron chi connectivity index (χ0n) is 14.3. The van der Waals surface area contributed by atoms with Crippen LogP contribution in [0.5, 0.6) is 0 Å². The van der Waals surface area contributed by atoms with Gasteiger partial charge in [-0.05, 0) is 32.4 Å². The first-order chi connectivity index (χ1) is 11.0. The lowest BCUT2D eigenvalue weighted by Gasteiger charge is -2.33. The third-order valence-electron chi connectivity index (χ3n) is 4.47. The molecule has 1 saturated heterocycles. The molecule has 1 N–H and O–H groups in total. The Morgan fingerprint density at radius 1 is 1.43 bits per heavy atom. The average molecular weight is 321 g/mol. The Labute approximate surface area is 137 Å². The molecule has 1 aliphatic rings. The fourth-order valence-electron chi connectivity index (χ4n) is 2.70. The van der Waals surface area contributed by atoms with Crippen molar-refractivity contribution in [1.82, 2.24) is 20.0 Å². The number of aryl methyl sites for hydroxylation is 1. The molecule has 2 rings (SSSR count). The fraction of sp³-hybridized carbons (Fsp3) is 0.688. The van der Waals surface area contributed by atoms with Crippen LogP contribution in [-0.2, 0) is 11.8 Å². The van der Waals surface area contributed by atoms with Crippen molar-refractivity contribution in [3.05, 3.63) is 22.6 Å². The Morgan fingerprint density at radius 3 is 2.74 bits per heavy atom. The quantitative estimate of drug-likeness (QED) is 0.803. The van der Waals surface area contributed by atoms with Crippen molar-refractivity contribution in [2.24, 2.45) is 13.0 Å². The third kappa shape index (κ3) is 5.06. The maximum Gasteiger partial charge on any atom is 0.268 e. The van der Waals surface area contributed by atoms with Crippen molar-refractivity contribution in [2.75, 3.05) is 44.7 Å². The van der Waals surface area contributed by atoms with Gasteiger partial charge >= 0.3 is 0 Å². The smallest absolute Gasteiger partial charge is 0.268 e. The van der Waals surface area contributed by atoms with Crippen LogP contribution in [-0.4, -0.2) is 60.4 Å². The predicted molar refractivity (Wildman–Crippen MR) is 90.6 cm³/mol. The van der Waals surface area contributed by atoms with Gasteiger partial charge < -0.3 is 10.2 Å². The van der Waals surface area contributed by atoms with Gasteiger partial charge in [0.15, 0.2) is 0 Å². The summed E-state index contributed by atoms with van der Waals surface area (Å²) < 4.78 is 1.33. The van der Waals surface area contributed by atoms with E-state index in [1.807, 2.05) is 18.9 Å². The number of nitrogens with zero attached hydrogens (tertiary/aromatic N) is 4. The number of carbonyl (C=O) groups is 1. The van der Waals surface area contributed by atoms with Crippen LogP contribution in [0.3, 0.4) is 0 Å². The lowest BCUT2D eigenvalue weighted by molar-refractivity contribution is -0.122. The molecule has 23 heavy (non-hydrogen) atoms. The van der Waals surface area contributed by atoms with Gasteiger partial charge in [0.05, 0.1) is 18.4 Å². The van der Waals surface area contributed by atoms with E-state index in [1.165, 1.54) is 4.68 Å². The van der Waals surface area contributed by atoms with E-state index in [0.29, 0.717) is 12.5 Å². The first-order valence-corrected chi connectivity index (χ1v) is 8.23. The molecule has 128 valence electrons. The summed E-state index contributed by atoms with van der Waals surface area (Å²) in [7, 11) is 3.59. The van der Waals surface area contributed by atoms with E-state index < -0.39 is 0 Å². The van der Waals surface area contributed by atoms with Crippen LogP contribution in [0.4, 0.5) is 5.69 Å². The standard InChI is InChI=1S/C16H27N5O2/c1-4-19(2)12-15(22)17-10-13-5-7-21(8-6-13)14-9-16(23)20(3)18-11-14/h9,11,13H,4-8,10,12H2,1-3H3,(H,17,22). The maximum absolute atomic E-state index is 11.8. The second-order valence-electron chi connectivity index (χ2n) is 6.24. The number of likely N-dealkylation sites (N-methyl/N-ethyl adjacent to an activating group) is 1. The molecule has 7 nitrogen and oxygen atoms in total. The van der Waals surface area contributed by atoms with Gasteiger partial charge in [-0.15, -0.1) is 0 Å². The van der Waals surface area contributed by atoms with E-state index in [0.717, 1.165) is 44.7 Å². The van der Waals surface area contributed by atoms with Crippen LogP contribution < -0.4 is 15.8 Å². The molecule has 1 aliphatic heterocycles. The van der Waals surface area contributed by atoms with Crippen molar-refractivity contribution in [3.8, 4) is 0 Å². The molecule has 1 fully saturated rings. The molecule has 0 unspecified atom stereocenters. The molecule has 1 aromatic heterocycles. The van der Waals surface area contributed by atoms with E-state index in [4.69, 9.17) is 0 Å². The molecule has 1 aromatic rings. The van der Waals surface area contributed by atoms with Crippen LogP contribution in [0.2, 0.25) is 0 Å². The predicted octanol–water partition coefficient (Wildman–Crippen LogP) is 0.0646. The number of aromatic nitrogens is 2. The summed E-state index contributed by atoms with van der Waals surface area (Å²) in [4.78, 5) is 27.6. The van der Waals surface area contributed by atoms with Crippen LogP contribution in [0.25, 0.3) is 0 Å². The Bertz CT molecular complexity index is 578. The molecular formula is C16H27N5O2. The molecule has 0 spiro atoms. The minimum atomic E-state index is -0.0862. The first kappa shape index (κ1) is 17.5. The van der Waals surface area contributed by atoms with Gasteiger partial charge in [-0.3, -0.25) is 14.5 Å². The average Bonchev–Trinajstić information content (AvgIpc) is 2.56. The van der Waals surface area contributed by atoms with Gasteiger partial charge in [0, 0.05) is 32.7 Å². The third-order valence-corrected chi connectivity index (χ3v) is 4.47. The molecule has 0 aliphatic carbocycles. The molecular weight excluding hydrogens is 294 g/mol. The van der Waals surface area contributed by atoms with E-state index in [9.17, 15) is 9.59 Å². The number of rotatable bonds is 6. The van der Waals surface area contributed by atoms with Crippen molar-refractivity contribution < 1.29 is 4.79 Å². The van der Waals surface area contributed by atoms with E-state index in [1.54, 1.807) is 19.3 Å². The van der Waals surface area contributed by atoms with Gasteiger partial charge in [0.2, 0.25) is 5.91 Å². The molecule has 0 atom stereocenters. The van der Waals surface area contributed by atoms with Gasteiger partial charge in [-0.25, -0.2) is 4.68 Å². The molecule has 2 heterocycles. The van der Waals surface area contributed by atoms with Crippen LogP contribution in [0.15, 0.2) is 17.1 Å². The van der Waals surface area contributed by atoms with Gasteiger partial charge in [-0.2, -0.15) is 5.10 Å². The van der Waals surface area contributed by atoms with Gasteiger partial charge in [0.25, 0.3) is 5.56 Å². The normalized spacial score (nSPS) is 15.9. The highest BCUT2D eigenvalue weighted by Gasteiger charge is 2.20. The molecule has 7 heteroatoms. The number of piperidine rings is 1. The Kier molecular flexibility index (Phi) is 6.15. The molecule has 0 bridgehead atoms. The maximum atomic E-state index is 11.8. The van der Waals surface area contributed by atoms with Crippen LogP contribution >= 0.6 is 0 Å². The Morgan fingerprint density at radius 2 is 2.13 bits per heavy atom. The number of hydrogen-bond acceptors (Lipinski definition) is 5. The van der Waals surface area contributed by atoms with E-state index >= 15 is 0 Å². The zero-order valence-corrected chi connectivity index (χ0v) is 14.3. The van der Waals surface area contributed by atoms with Crippen LogP contribution in [0, 0.1) is 5.92 Å². The van der Waals surface area contributed by atoms with E-state index in [-0.39, 0.29) is 11.5 Å². The summed E-state index contributed by atoms with van der Waals surface area (Å²) in [5, 5.41) is 7.09. The highest BCUT2D eigenvalue weighted by atomic mass is 16.2. The number of carbonyl (C=O) groups excluding carboxylic acids is 1. The number of amides is 1. The highest BCUT2D eigenvalue weighted by Crippen LogP contribution is 2.21. The molecule has 0 radical (unpaired) electrons. The molecule has 0 aromatic carbocycles. The number of hydrogen-bond donors (Lipinski definition) is 1. The van der Waals surface area contributed by atoms with Crippen molar-refractivity contribution >= 4 is 11.6 Å². The second-order valence-corrected chi connectivity index (χ2v) is 6.24. The highest BCUT2D eigenvalue weighted by molar-refractivity contribution is 5.77. The fourth-order valence-corrected chi connectivity index (χ4v) is 2.70. The number of anilines is 1. The summed E-state index contributed by atoms with van der Waals surface area (Å²) >= 11 is 0. The largest absolute Gasteiger partial charge is 0.370 e. The van der Waals surface area contributed by atoms with Crippen molar-refractivity contribution in [3.63, 3.8) is 0 Å². The lowest BCUT2D eigenvalue weighted by Crippen LogP contribution is -2.41. The first-order valence-electron chi connectivity index (χ1n) is 8.23. The summed E-state index contributed by atoms with van der Waals surface area (Å²) in [6.07, 6.45) is 3.77. The second kappa shape index (κ2) is 8.10. The SMILES string of the molecule is CCN(C)CC(=O)NCC1CCN(c2cnn(C)c(=O)c2)CC1. The Balaban J connectivity index is 1.76. The summed E-state index contributed by atoms with van der Waals surface area (Å²) in [5.41, 5.74) is 0.803. The number of nitrogens with one attached hydrogen (secondary N) is 1. The van der Waals surface area contributed by atoms with Crippen molar-refractivity contribution in [1.29, 1.82) is 0 Å². The topological polar surface area (TPSA) is 70.5 Å². The monoisotopic (exact) mass is 321 g/mol. The zero-order chi connectivity index (χ0) is 16.8.